The number of ketones is 2. The lowest BCUT2D eigenvalue weighted by atomic mass is 9.73. The lowest BCUT2D eigenvalue weighted by Crippen LogP contribution is -2.35. The molecule has 100 valence electrons. The molecular formula is C15H28O2. The van der Waals surface area contributed by atoms with Crippen molar-refractivity contribution in [2.24, 2.45) is 22.7 Å². The third-order valence-corrected chi connectivity index (χ3v) is 3.12. The second-order valence-corrected chi connectivity index (χ2v) is 7.34. The molecule has 0 rings (SSSR count). The fourth-order valence-electron chi connectivity index (χ4n) is 1.69. The monoisotopic (exact) mass is 240 g/mol. The Labute approximate surface area is 106 Å². The molecule has 0 aromatic rings. The fourth-order valence-corrected chi connectivity index (χ4v) is 1.69. The van der Waals surface area contributed by atoms with Crippen molar-refractivity contribution >= 4 is 11.6 Å². The van der Waals surface area contributed by atoms with Gasteiger partial charge in [-0.2, -0.15) is 0 Å². The normalized spacial score (nSPS) is 14.9. The highest BCUT2D eigenvalue weighted by atomic mass is 16.1. The molecule has 17 heavy (non-hydrogen) atoms. The van der Waals surface area contributed by atoms with E-state index in [-0.39, 0.29) is 34.2 Å². The van der Waals surface area contributed by atoms with Crippen molar-refractivity contribution in [2.75, 3.05) is 0 Å². The van der Waals surface area contributed by atoms with Crippen molar-refractivity contribution in [3.05, 3.63) is 0 Å². The molecule has 0 fully saturated rings. The van der Waals surface area contributed by atoms with E-state index >= 15 is 0 Å². The maximum atomic E-state index is 12.3. The van der Waals surface area contributed by atoms with Crippen molar-refractivity contribution < 1.29 is 9.59 Å². The van der Waals surface area contributed by atoms with Crippen molar-refractivity contribution in [3.8, 4) is 0 Å². The molecule has 0 aliphatic heterocycles. The van der Waals surface area contributed by atoms with Gasteiger partial charge in [0.2, 0.25) is 0 Å². The van der Waals surface area contributed by atoms with E-state index < -0.39 is 0 Å². The maximum absolute atomic E-state index is 12.3. The lowest BCUT2D eigenvalue weighted by Gasteiger charge is -2.29. The first-order valence-corrected chi connectivity index (χ1v) is 6.45. The van der Waals surface area contributed by atoms with Crippen LogP contribution in [0.1, 0.15) is 61.8 Å². The number of carbonyl (C=O) groups excluding carboxylic acids is 2. The van der Waals surface area contributed by atoms with Crippen LogP contribution in [0.25, 0.3) is 0 Å². The molecule has 1 atom stereocenters. The van der Waals surface area contributed by atoms with Gasteiger partial charge in [0.15, 0.2) is 0 Å². The Hall–Kier alpha value is -0.660. The highest BCUT2D eigenvalue weighted by Gasteiger charge is 2.35. The first-order chi connectivity index (χ1) is 7.37. The van der Waals surface area contributed by atoms with E-state index in [0.717, 1.165) is 0 Å². The molecule has 0 amide bonds. The zero-order valence-corrected chi connectivity index (χ0v) is 12.7. The summed E-state index contributed by atoms with van der Waals surface area (Å²) in [6.45, 7) is 15.5. The molecule has 0 spiro atoms. The molecule has 2 nitrogen and oxygen atoms in total. The quantitative estimate of drug-likeness (QED) is 0.747. The summed E-state index contributed by atoms with van der Waals surface area (Å²) < 4.78 is 0. The van der Waals surface area contributed by atoms with E-state index in [2.05, 4.69) is 0 Å². The van der Waals surface area contributed by atoms with Gasteiger partial charge in [-0.1, -0.05) is 55.4 Å². The van der Waals surface area contributed by atoms with E-state index in [1.807, 2.05) is 55.4 Å². The van der Waals surface area contributed by atoms with Gasteiger partial charge in [0.1, 0.15) is 11.6 Å². The average Bonchev–Trinajstić information content (AvgIpc) is 2.08. The lowest BCUT2D eigenvalue weighted by molar-refractivity contribution is -0.137. The minimum absolute atomic E-state index is 0.151. The summed E-state index contributed by atoms with van der Waals surface area (Å²) >= 11 is 0. The number of hydrogen-bond donors (Lipinski definition) is 0. The molecule has 0 saturated carbocycles. The fraction of sp³-hybridized carbons (Fsp3) is 0.867. The maximum Gasteiger partial charge on any atom is 0.141 e. The molecule has 0 radical (unpaired) electrons. The summed E-state index contributed by atoms with van der Waals surface area (Å²) in [5.74, 6) is 0.439. The SMILES string of the molecule is CC(C)[C@H](CC(=O)C(C)(C)C)C(=O)C(C)(C)C. The first kappa shape index (κ1) is 16.3. The summed E-state index contributed by atoms with van der Waals surface area (Å²) in [5.41, 5.74) is -0.724. The molecular weight excluding hydrogens is 212 g/mol. The summed E-state index contributed by atoms with van der Waals surface area (Å²) in [4.78, 5) is 24.4. The van der Waals surface area contributed by atoms with Crippen LogP contribution in [0.5, 0.6) is 0 Å². The smallest absolute Gasteiger partial charge is 0.141 e. The minimum Gasteiger partial charge on any atom is -0.299 e. The van der Waals surface area contributed by atoms with Crippen molar-refractivity contribution in [2.45, 2.75) is 61.8 Å². The van der Waals surface area contributed by atoms with Gasteiger partial charge in [-0.3, -0.25) is 9.59 Å². The zero-order valence-electron chi connectivity index (χ0n) is 12.7. The molecule has 2 heteroatoms. The van der Waals surface area contributed by atoms with Gasteiger partial charge >= 0.3 is 0 Å². The van der Waals surface area contributed by atoms with Crippen molar-refractivity contribution in [1.29, 1.82) is 0 Å². The van der Waals surface area contributed by atoms with Gasteiger partial charge in [-0.05, 0) is 5.92 Å². The second-order valence-electron chi connectivity index (χ2n) is 7.34. The Morgan fingerprint density at radius 3 is 1.53 bits per heavy atom. The topological polar surface area (TPSA) is 34.1 Å². The second kappa shape index (κ2) is 5.32. The van der Waals surface area contributed by atoms with Crippen LogP contribution in [0.2, 0.25) is 0 Å². The van der Waals surface area contributed by atoms with E-state index in [4.69, 9.17) is 0 Å². The van der Waals surface area contributed by atoms with E-state index in [1.54, 1.807) is 0 Å². The Kier molecular flexibility index (Phi) is 5.12. The Morgan fingerprint density at radius 2 is 1.29 bits per heavy atom. The highest BCUT2D eigenvalue weighted by Crippen LogP contribution is 2.30. The standard InChI is InChI=1S/C15H28O2/c1-10(2)11(13(17)15(6,7)8)9-12(16)14(3,4)5/h10-11H,9H2,1-8H3/t11-/m0/s1. The predicted molar refractivity (Wildman–Crippen MR) is 71.9 cm³/mol. The molecule has 0 aromatic carbocycles. The van der Waals surface area contributed by atoms with Crippen LogP contribution >= 0.6 is 0 Å². The van der Waals surface area contributed by atoms with Crippen LogP contribution in [0.4, 0.5) is 0 Å². The van der Waals surface area contributed by atoms with Crippen molar-refractivity contribution in [1.82, 2.24) is 0 Å². The van der Waals surface area contributed by atoms with E-state index in [1.165, 1.54) is 0 Å². The van der Waals surface area contributed by atoms with Crippen LogP contribution in [0.15, 0.2) is 0 Å². The molecule has 0 heterocycles. The van der Waals surface area contributed by atoms with Gasteiger partial charge in [0.25, 0.3) is 0 Å². The van der Waals surface area contributed by atoms with E-state index in [9.17, 15) is 9.59 Å². The van der Waals surface area contributed by atoms with E-state index in [0.29, 0.717) is 6.42 Å². The largest absolute Gasteiger partial charge is 0.299 e. The van der Waals surface area contributed by atoms with Crippen LogP contribution < -0.4 is 0 Å². The molecule has 0 aromatic heterocycles. The summed E-state index contributed by atoms with van der Waals surface area (Å²) in [5, 5.41) is 0. The van der Waals surface area contributed by atoms with Gasteiger partial charge < -0.3 is 0 Å². The third-order valence-electron chi connectivity index (χ3n) is 3.12. The van der Waals surface area contributed by atoms with Gasteiger partial charge in [-0.15, -0.1) is 0 Å². The van der Waals surface area contributed by atoms with Crippen LogP contribution in [0.3, 0.4) is 0 Å². The van der Waals surface area contributed by atoms with Gasteiger partial charge in [0.05, 0.1) is 0 Å². The third kappa shape index (κ3) is 5.01. The molecule has 0 N–H and O–H groups in total. The molecule has 0 aliphatic rings. The molecule has 0 saturated heterocycles. The number of carbonyl (C=O) groups is 2. The Bertz CT molecular complexity index is 287. The summed E-state index contributed by atoms with van der Waals surface area (Å²) in [6.07, 6.45) is 0.372. The number of Topliss-reactive ketones (excluding diaryl/α,β-unsaturated/α-hetero) is 2. The Balaban J connectivity index is 4.92. The van der Waals surface area contributed by atoms with Gasteiger partial charge in [0, 0.05) is 23.2 Å². The molecule has 0 unspecified atom stereocenters. The van der Waals surface area contributed by atoms with Crippen LogP contribution in [-0.4, -0.2) is 11.6 Å². The predicted octanol–water partition coefficient (Wildman–Crippen LogP) is 3.88. The number of hydrogen-bond acceptors (Lipinski definition) is 2. The average molecular weight is 240 g/mol. The minimum atomic E-state index is -0.368. The first-order valence-electron chi connectivity index (χ1n) is 6.45. The summed E-state index contributed by atoms with van der Waals surface area (Å²) in [7, 11) is 0. The van der Waals surface area contributed by atoms with Crippen LogP contribution in [-0.2, 0) is 9.59 Å². The number of rotatable bonds is 4. The van der Waals surface area contributed by atoms with Crippen LogP contribution in [0, 0.1) is 22.7 Å². The summed E-state index contributed by atoms with van der Waals surface area (Å²) in [6, 6.07) is 0. The Morgan fingerprint density at radius 1 is 0.882 bits per heavy atom. The molecule has 0 aliphatic carbocycles. The zero-order chi connectivity index (χ0) is 14.0. The van der Waals surface area contributed by atoms with Crippen molar-refractivity contribution in [3.63, 3.8) is 0 Å². The highest BCUT2D eigenvalue weighted by molar-refractivity contribution is 5.92. The van der Waals surface area contributed by atoms with Gasteiger partial charge in [-0.25, -0.2) is 0 Å². The molecule has 0 bridgehead atoms.